The number of benzene rings is 1. The maximum atomic E-state index is 12.4. The summed E-state index contributed by atoms with van der Waals surface area (Å²) in [5.41, 5.74) is 0.188. The van der Waals surface area contributed by atoms with Crippen LogP contribution in [-0.4, -0.2) is 27.5 Å². The van der Waals surface area contributed by atoms with Crippen LogP contribution in [0.2, 0.25) is 0 Å². The number of nitrogens with one attached hydrogen (secondary N) is 1. The van der Waals surface area contributed by atoms with Crippen LogP contribution in [0.15, 0.2) is 23.1 Å². The Labute approximate surface area is 131 Å². The fraction of sp³-hybridized carbons (Fsp3) is 0.533. The molecular formula is C15H22N2O4S. The molecule has 2 rings (SSSR count). The van der Waals surface area contributed by atoms with E-state index in [1.807, 2.05) is 0 Å². The van der Waals surface area contributed by atoms with Gasteiger partial charge in [0.05, 0.1) is 17.6 Å². The van der Waals surface area contributed by atoms with E-state index in [9.17, 15) is 13.2 Å². The van der Waals surface area contributed by atoms with Gasteiger partial charge in [0.15, 0.2) is 0 Å². The minimum Gasteiger partial charge on any atom is -0.496 e. The standard InChI is InChI=1S/C15H22N2O4S/c1-10-3-5-11(6-4-10)17-15(18)13-9-12(22(16,19)20)7-8-14(13)21-2/h7-11H,3-6H2,1-2H3,(H,17,18)(H2,16,19,20). The number of rotatable bonds is 4. The molecule has 22 heavy (non-hydrogen) atoms. The van der Waals surface area contributed by atoms with Crippen LogP contribution in [0.3, 0.4) is 0 Å². The van der Waals surface area contributed by atoms with Crippen molar-refractivity contribution in [1.29, 1.82) is 0 Å². The zero-order valence-electron chi connectivity index (χ0n) is 12.8. The molecule has 1 saturated carbocycles. The largest absolute Gasteiger partial charge is 0.496 e. The highest BCUT2D eigenvalue weighted by Gasteiger charge is 2.23. The number of sulfonamides is 1. The third-order valence-electron chi connectivity index (χ3n) is 4.10. The molecule has 1 aliphatic carbocycles. The number of hydrogen-bond donors (Lipinski definition) is 2. The van der Waals surface area contributed by atoms with Crippen molar-refractivity contribution in [2.75, 3.05) is 7.11 Å². The second kappa shape index (κ2) is 6.66. The van der Waals surface area contributed by atoms with E-state index in [-0.39, 0.29) is 22.4 Å². The van der Waals surface area contributed by atoms with Gasteiger partial charge in [-0.05, 0) is 49.8 Å². The van der Waals surface area contributed by atoms with E-state index in [2.05, 4.69) is 12.2 Å². The van der Waals surface area contributed by atoms with E-state index in [0.717, 1.165) is 25.7 Å². The Morgan fingerprint density at radius 2 is 1.91 bits per heavy atom. The molecular weight excluding hydrogens is 304 g/mol. The quantitative estimate of drug-likeness (QED) is 0.879. The van der Waals surface area contributed by atoms with Gasteiger partial charge in [0, 0.05) is 6.04 Å². The molecule has 1 aliphatic rings. The van der Waals surface area contributed by atoms with Gasteiger partial charge in [-0.2, -0.15) is 0 Å². The number of amides is 1. The lowest BCUT2D eigenvalue weighted by Crippen LogP contribution is -2.37. The Kier molecular flexibility index (Phi) is 5.08. The summed E-state index contributed by atoms with van der Waals surface area (Å²) in [5.74, 6) is 0.685. The molecule has 3 N–H and O–H groups in total. The average Bonchev–Trinajstić information content (AvgIpc) is 2.48. The highest BCUT2D eigenvalue weighted by atomic mass is 32.2. The summed E-state index contributed by atoms with van der Waals surface area (Å²) < 4.78 is 28.0. The molecule has 0 unspecified atom stereocenters. The van der Waals surface area contributed by atoms with Crippen LogP contribution in [0.1, 0.15) is 43.0 Å². The Balaban J connectivity index is 2.20. The summed E-state index contributed by atoms with van der Waals surface area (Å²) in [5, 5.41) is 8.07. The molecule has 0 aromatic heterocycles. The molecule has 0 spiro atoms. The van der Waals surface area contributed by atoms with Crippen LogP contribution in [0, 0.1) is 5.92 Å². The van der Waals surface area contributed by atoms with Gasteiger partial charge in [0.25, 0.3) is 5.91 Å². The number of carbonyl (C=O) groups is 1. The molecule has 1 fully saturated rings. The molecule has 6 nitrogen and oxygen atoms in total. The minimum absolute atomic E-state index is 0.101. The van der Waals surface area contributed by atoms with Gasteiger partial charge >= 0.3 is 0 Å². The second-order valence-electron chi connectivity index (χ2n) is 5.84. The zero-order valence-corrected chi connectivity index (χ0v) is 13.7. The average molecular weight is 326 g/mol. The molecule has 0 bridgehead atoms. The highest BCUT2D eigenvalue weighted by Crippen LogP contribution is 2.25. The van der Waals surface area contributed by atoms with E-state index in [0.29, 0.717) is 11.7 Å². The number of primary sulfonamides is 1. The molecule has 0 heterocycles. The summed E-state index contributed by atoms with van der Waals surface area (Å²) in [6.45, 7) is 2.21. The van der Waals surface area contributed by atoms with Crippen LogP contribution in [0.25, 0.3) is 0 Å². The molecule has 0 atom stereocenters. The number of methoxy groups -OCH3 is 1. The van der Waals surface area contributed by atoms with Crippen molar-refractivity contribution in [3.63, 3.8) is 0 Å². The fourth-order valence-corrected chi connectivity index (χ4v) is 3.25. The van der Waals surface area contributed by atoms with Crippen molar-refractivity contribution in [3.05, 3.63) is 23.8 Å². The lowest BCUT2D eigenvalue weighted by molar-refractivity contribution is 0.0919. The normalized spacial score (nSPS) is 22.1. The second-order valence-corrected chi connectivity index (χ2v) is 7.40. The van der Waals surface area contributed by atoms with Gasteiger partial charge < -0.3 is 10.1 Å². The predicted molar refractivity (Wildman–Crippen MR) is 83.3 cm³/mol. The first-order valence-corrected chi connectivity index (χ1v) is 8.87. The maximum absolute atomic E-state index is 12.4. The predicted octanol–water partition coefficient (Wildman–Crippen LogP) is 1.65. The van der Waals surface area contributed by atoms with E-state index in [1.54, 1.807) is 0 Å². The smallest absolute Gasteiger partial charge is 0.255 e. The van der Waals surface area contributed by atoms with Gasteiger partial charge in [-0.15, -0.1) is 0 Å². The SMILES string of the molecule is COc1ccc(S(N)(=O)=O)cc1C(=O)NC1CCC(C)CC1. The van der Waals surface area contributed by atoms with E-state index < -0.39 is 10.0 Å². The Morgan fingerprint density at radius 3 is 2.45 bits per heavy atom. The molecule has 122 valence electrons. The van der Waals surface area contributed by atoms with E-state index >= 15 is 0 Å². The Morgan fingerprint density at radius 1 is 1.27 bits per heavy atom. The van der Waals surface area contributed by atoms with Crippen LogP contribution in [-0.2, 0) is 10.0 Å². The Bertz CT molecular complexity index is 650. The van der Waals surface area contributed by atoms with Crippen molar-refractivity contribution >= 4 is 15.9 Å². The topological polar surface area (TPSA) is 98.5 Å². The van der Waals surface area contributed by atoms with Crippen molar-refractivity contribution < 1.29 is 17.9 Å². The Hall–Kier alpha value is -1.60. The van der Waals surface area contributed by atoms with Gasteiger partial charge in [0.2, 0.25) is 10.0 Å². The van der Waals surface area contributed by atoms with Crippen molar-refractivity contribution in [3.8, 4) is 5.75 Å². The summed E-state index contributed by atoms with van der Waals surface area (Å²) in [6, 6.07) is 4.14. The van der Waals surface area contributed by atoms with Crippen molar-refractivity contribution in [2.45, 2.75) is 43.5 Å². The minimum atomic E-state index is -3.86. The van der Waals surface area contributed by atoms with Gasteiger partial charge in [-0.1, -0.05) is 6.92 Å². The van der Waals surface area contributed by atoms with Gasteiger partial charge in [-0.25, -0.2) is 13.6 Å². The first-order valence-electron chi connectivity index (χ1n) is 7.33. The number of hydrogen-bond acceptors (Lipinski definition) is 4. The maximum Gasteiger partial charge on any atom is 0.255 e. The lowest BCUT2D eigenvalue weighted by Gasteiger charge is -2.27. The van der Waals surface area contributed by atoms with Crippen molar-refractivity contribution in [2.24, 2.45) is 11.1 Å². The molecule has 7 heteroatoms. The highest BCUT2D eigenvalue weighted by molar-refractivity contribution is 7.89. The summed E-state index contributed by atoms with van der Waals surface area (Å²) in [7, 11) is -2.42. The fourth-order valence-electron chi connectivity index (χ4n) is 2.71. The van der Waals surface area contributed by atoms with E-state index in [4.69, 9.17) is 9.88 Å². The summed E-state index contributed by atoms with van der Waals surface area (Å²) in [4.78, 5) is 12.3. The third kappa shape index (κ3) is 3.98. The lowest BCUT2D eigenvalue weighted by atomic mass is 9.87. The van der Waals surface area contributed by atoms with Crippen LogP contribution >= 0.6 is 0 Å². The summed E-state index contributed by atoms with van der Waals surface area (Å²) in [6.07, 6.45) is 4.03. The number of nitrogens with two attached hydrogens (primary N) is 1. The monoisotopic (exact) mass is 326 g/mol. The molecule has 1 amide bonds. The number of ether oxygens (including phenoxy) is 1. The number of carbonyl (C=O) groups excluding carboxylic acids is 1. The molecule has 1 aromatic rings. The van der Waals surface area contributed by atoms with Gasteiger partial charge in [0.1, 0.15) is 5.75 Å². The molecule has 0 saturated heterocycles. The summed E-state index contributed by atoms with van der Waals surface area (Å²) >= 11 is 0. The van der Waals surface area contributed by atoms with Crippen LogP contribution in [0.4, 0.5) is 0 Å². The van der Waals surface area contributed by atoms with Crippen molar-refractivity contribution in [1.82, 2.24) is 5.32 Å². The first kappa shape index (κ1) is 16.8. The van der Waals surface area contributed by atoms with Gasteiger partial charge in [-0.3, -0.25) is 4.79 Å². The zero-order chi connectivity index (χ0) is 16.3. The van der Waals surface area contributed by atoms with Crippen LogP contribution < -0.4 is 15.2 Å². The third-order valence-corrected chi connectivity index (χ3v) is 5.01. The molecule has 0 aliphatic heterocycles. The van der Waals surface area contributed by atoms with E-state index in [1.165, 1.54) is 25.3 Å². The molecule has 1 aromatic carbocycles. The molecule has 0 radical (unpaired) electrons. The van der Waals surface area contributed by atoms with Crippen LogP contribution in [0.5, 0.6) is 5.75 Å². The first-order chi connectivity index (χ1) is 10.3.